The second-order valence-electron chi connectivity index (χ2n) is 7.24. The molecule has 0 saturated heterocycles. The van der Waals surface area contributed by atoms with Crippen LogP contribution in [0.25, 0.3) is 5.57 Å². The summed E-state index contributed by atoms with van der Waals surface area (Å²) in [7, 11) is 1.23. The van der Waals surface area contributed by atoms with E-state index in [1.165, 1.54) is 7.11 Å². The Labute approximate surface area is 176 Å². The molecule has 1 aromatic carbocycles. The second kappa shape index (κ2) is 8.02. The number of nitro groups is 1. The van der Waals surface area contributed by atoms with E-state index in [-0.39, 0.29) is 24.4 Å². The van der Waals surface area contributed by atoms with Crippen LogP contribution in [0.5, 0.6) is 0 Å². The molecule has 9 heteroatoms. The summed E-state index contributed by atoms with van der Waals surface area (Å²) in [5.41, 5.74) is -0.414. The topological polar surface area (TPSA) is 113 Å². The minimum Gasteiger partial charge on any atom is -0.466 e. The number of ether oxygens (including phenoxy) is 1. The Morgan fingerprint density at radius 2 is 1.87 bits per heavy atom. The largest absolute Gasteiger partial charge is 0.466 e. The molecule has 1 aliphatic heterocycles. The van der Waals surface area contributed by atoms with Gasteiger partial charge in [-0.25, -0.2) is 14.2 Å². The van der Waals surface area contributed by atoms with Crippen molar-refractivity contribution in [3.8, 4) is 0 Å². The highest BCUT2D eigenvalue weighted by Gasteiger charge is 2.34. The summed E-state index contributed by atoms with van der Waals surface area (Å²) < 4.78 is 6.83. The van der Waals surface area contributed by atoms with E-state index in [1.807, 2.05) is 12.2 Å². The maximum Gasteiger partial charge on any atom is 0.358 e. The van der Waals surface area contributed by atoms with E-state index < -0.39 is 27.8 Å². The zero-order valence-corrected chi connectivity index (χ0v) is 16.7. The third-order valence-electron chi connectivity index (χ3n) is 5.39. The van der Waals surface area contributed by atoms with Gasteiger partial charge in [-0.05, 0) is 35.6 Å². The maximum absolute atomic E-state index is 13.4. The lowest BCUT2D eigenvalue weighted by Crippen LogP contribution is -2.43. The summed E-state index contributed by atoms with van der Waals surface area (Å²) in [5.74, 6) is -0.635. The molecule has 0 atom stereocenters. The number of aromatic nitrogens is 2. The Kier molecular flexibility index (Phi) is 5.24. The SMILES string of the molecule is COC(=O)C1=CC2=C(CC=CC2)c2c([N+](=O)[O-])c(=O)n(Cc3ccccc3)c(=O)n2C1. The Morgan fingerprint density at radius 3 is 2.55 bits per heavy atom. The molecule has 9 nitrogen and oxygen atoms in total. The average Bonchev–Trinajstić information content (AvgIpc) is 2.94. The fourth-order valence-corrected chi connectivity index (χ4v) is 3.95. The van der Waals surface area contributed by atoms with Crippen molar-refractivity contribution < 1.29 is 14.5 Å². The van der Waals surface area contributed by atoms with Gasteiger partial charge in [-0.3, -0.25) is 19.5 Å². The van der Waals surface area contributed by atoms with Gasteiger partial charge in [0.05, 0.1) is 30.7 Å². The van der Waals surface area contributed by atoms with Crippen molar-refractivity contribution in [2.75, 3.05) is 7.11 Å². The molecular formula is C22H19N3O6. The summed E-state index contributed by atoms with van der Waals surface area (Å²) >= 11 is 0. The summed E-state index contributed by atoms with van der Waals surface area (Å²) in [6.07, 6.45) is 6.04. The van der Waals surface area contributed by atoms with Gasteiger partial charge in [-0.1, -0.05) is 42.5 Å². The molecule has 2 heterocycles. The number of rotatable bonds is 4. The molecule has 0 bridgehead atoms. The first-order chi connectivity index (χ1) is 14.9. The summed E-state index contributed by atoms with van der Waals surface area (Å²) in [5, 5.41) is 12.0. The third kappa shape index (κ3) is 3.54. The van der Waals surface area contributed by atoms with Gasteiger partial charge < -0.3 is 4.74 Å². The van der Waals surface area contributed by atoms with E-state index in [9.17, 15) is 24.5 Å². The minimum atomic E-state index is -0.965. The van der Waals surface area contributed by atoms with Gasteiger partial charge in [-0.15, -0.1) is 0 Å². The molecule has 31 heavy (non-hydrogen) atoms. The van der Waals surface area contributed by atoms with E-state index in [4.69, 9.17) is 4.74 Å². The molecule has 0 saturated carbocycles. The van der Waals surface area contributed by atoms with Crippen LogP contribution < -0.4 is 11.2 Å². The molecule has 0 N–H and O–H groups in total. The van der Waals surface area contributed by atoms with E-state index in [0.717, 1.165) is 9.13 Å². The zero-order valence-electron chi connectivity index (χ0n) is 16.7. The van der Waals surface area contributed by atoms with Gasteiger partial charge in [0.1, 0.15) is 5.69 Å². The third-order valence-corrected chi connectivity index (χ3v) is 5.39. The summed E-state index contributed by atoms with van der Waals surface area (Å²) in [6, 6.07) is 8.73. The van der Waals surface area contributed by atoms with E-state index >= 15 is 0 Å². The lowest BCUT2D eigenvalue weighted by Gasteiger charge is -2.18. The fraction of sp³-hybridized carbons (Fsp3) is 0.227. The van der Waals surface area contributed by atoms with Crippen LogP contribution in [0, 0.1) is 10.1 Å². The van der Waals surface area contributed by atoms with Gasteiger partial charge >= 0.3 is 22.9 Å². The standard InChI is InChI=1S/C22H19N3O6/c1-31-21(27)16-11-15-9-5-6-10-17(15)18-19(25(29)30)20(26)24(22(28)23(18)13-16)12-14-7-3-2-4-8-14/h2-8,11H,9-10,12-13H2,1H3. The fourth-order valence-electron chi connectivity index (χ4n) is 3.95. The van der Waals surface area contributed by atoms with Gasteiger partial charge in [0.15, 0.2) is 0 Å². The number of carbonyl (C=O) groups is 1. The van der Waals surface area contributed by atoms with Crippen molar-refractivity contribution in [1.82, 2.24) is 9.13 Å². The van der Waals surface area contributed by atoms with Crippen molar-refractivity contribution in [2.45, 2.75) is 25.9 Å². The van der Waals surface area contributed by atoms with Crippen molar-refractivity contribution >= 4 is 17.2 Å². The number of methoxy groups -OCH3 is 1. The molecular weight excluding hydrogens is 402 g/mol. The highest BCUT2D eigenvalue weighted by atomic mass is 16.6. The Hall–Kier alpha value is -4.01. The monoisotopic (exact) mass is 421 g/mol. The zero-order chi connectivity index (χ0) is 22.1. The van der Waals surface area contributed by atoms with Crippen molar-refractivity contribution in [3.05, 3.63) is 102 Å². The van der Waals surface area contributed by atoms with Crippen molar-refractivity contribution in [2.24, 2.45) is 0 Å². The first kappa shape index (κ1) is 20.3. The van der Waals surface area contributed by atoms with Gasteiger partial charge in [0.25, 0.3) is 0 Å². The highest BCUT2D eigenvalue weighted by molar-refractivity contribution is 5.91. The lowest BCUT2D eigenvalue weighted by atomic mass is 9.93. The van der Waals surface area contributed by atoms with Crippen LogP contribution in [0.2, 0.25) is 0 Å². The maximum atomic E-state index is 13.4. The number of fused-ring (bicyclic) bond motifs is 2. The summed E-state index contributed by atoms with van der Waals surface area (Å²) in [4.78, 5) is 50.1. The normalized spacial score (nSPS) is 14.9. The van der Waals surface area contributed by atoms with Crippen LogP contribution in [-0.2, 0) is 22.6 Å². The minimum absolute atomic E-state index is 0.0428. The molecule has 1 aliphatic carbocycles. The molecule has 0 amide bonds. The molecule has 1 aromatic heterocycles. The number of nitrogens with zero attached hydrogens (tertiary/aromatic N) is 3. The molecule has 0 radical (unpaired) electrons. The Balaban J connectivity index is 2.03. The number of benzene rings is 1. The molecule has 2 aromatic rings. The van der Waals surface area contributed by atoms with Gasteiger partial charge in [-0.2, -0.15) is 0 Å². The predicted octanol–water partition coefficient (Wildman–Crippen LogP) is 2.18. The smallest absolute Gasteiger partial charge is 0.358 e. The quantitative estimate of drug-likeness (QED) is 0.324. The van der Waals surface area contributed by atoms with Crippen LogP contribution in [0.15, 0.2) is 69.3 Å². The molecule has 0 spiro atoms. The van der Waals surface area contributed by atoms with Crippen LogP contribution in [0.1, 0.15) is 24.1 Å². The highest BCUT2D eigenvalue weighted by Crippen LogP contribution is 2.35. The molecule has 0 fully saturated rings. The second-order valence-corrected chi connectivity index (χ2v) is 7.24. The van der Waals surface area contributed by atoms with Crippen LogP contribution in [-0.4, -0.2) is 27.1 Å². The number of allylic oxidation sites excluding steroid dienone is 5. The van der Waals surface area contributed by atoms with E-state index in [1.54, 1.807) is 36.4 Å². The lowest BCUT2D eigenvalue weighted by molar-refractivity contribution is -0.387. The number of esters is 1. The van der Waals surface area contributed by atoms with Crippen molar-refractivity contribution in [1.29, 1.82) is 0 Å². The summed E-state index contributed by atoms with van der Waals surface area (Å²) in [6.45, 7) is -0.355. The predicted molar refractivity (Wildman–Crippen MR) is 113 cm³/mol. The number of hydrogen-bond donors (Lipinski definition) is 0. The average molecular weight is 421 g/mol. The van der Waals surface area contributed by atoms with Gasteiger partial charge in [0.2, 0.25) is 0 Å². The molecule has 2 aliphatic rings. The van der Waals surface area contributed by atoms with Crippen LogP contribution >= 0.6 is 0 Å². The number of hydrogen-bond acceptors (Lipinski definition) is 6. The first-order valence-electron chi connectivity index (χ1n) is 9.64. The van der Waals surface area contributed by atoms with E-state index in [0.29, 0.717) is 29.6 Å². The Morgan fingerprint density at radius 1 is 1.16 bits per heavy atom. The van der Waals surface area contributed by atoms with Crippen molar-refractivity contribution in [3.63, 3.8) is 0 Å². The Bertz CT molecular complexity index is 1300. The van der Waals surface area contributed by atoms with Crippen LogP contribution in [0.4, 0.5) is 5.69 Å². The molecule has 158 valence electrons. The van der Waals surface area contributed by atoms with Gasteiger partial charge in [0, 0.05) is 0 Å². The molecule has 0 unspecified atom stereocenters. The van der Waals surface area contributed by atoms with E-state index in [2.05, 4.69) is 0 Å². The number of carbonyl (C=O) groups excluding carboxylic acids is 1. The molecule has 4 rings (SSSR count). The first-order valence-corrected chi connectivity index (χ1v) is 9.64. The van der Waals surface area contributed by atoms with Crippen LogP contribution in [0.3, 0.4) is 0 Å².